The highest BCUT2D eigenvalue weighted by molar-refractivity contribution is 5.98. The number of hydrogen-bond acceptors (Lipinski definition) is 3. The van der Waals surface area contributed by atoms with Crippen LogP contribution in [0.4, 0.5) is 0 Å². The van der Waals surface area contributed by atoms with Crippen molar-refractivity contribution in [3.8, 4) is 0 Å². The van der Waals surface area contributed by atoms with Crippen LogP contribution in [0.2, 0.25) is 0 Å². The molecule has 2 rings (SSSR count). The maximum Gasteiger partial charge on any atom is 0.306 e. The van der Waals surface area contributed by atoms with Crippen molar-refractivity contribution in [3.05, 3.63) is 35.4 Å². The van der Waals surface area contributed by atoms with E-state index in [1.807, 2.05) is 24.3 Å². The molecule has 0 spiro atoms. The van der Waals surface area contributed by atoms with Gasteiger partial charge in [-0.25, -0.2) is 0 Å². The predicted octanol–water partition coefficient (Wildman–Crippen LogP) is 4.14. The molecule has 1 aromatic rings. The number of rotatable bonds is 10. The molecule has 1 saturated carbocycles. The van der Waals surface area contributed by atoms with Crippen molar-refractivity contribution in [2.24, 2.45) is 5.92 Å². The summed E-state index contributed by atoms with van der Waals surface area (Å²) in [5.41, 5.74) is 1.90. The first-order valence-corrected chi connectivity index (χ1v) is 10.1. The summed E-state index contributed by atoms with van der Waals surface area (Å²) in [6, 6.07) is 7.75. The minimum absolute atomic E-state index is 0.0140. The van der Waals surface area contributed by atoms with Crippen molar-refractivity contribution in [2.75, 3.05) is 0 Å². The van der Waals surface area contributed by atoms with Gasteiger partial charge in [0.05, 0.1) is 5.92 Å². The number of hydrogen-bond donors (Lipinski definition) is 2. The van der Waals surface area contributed by atoms with Gasteiger partial charge >= 0.3 is 5.97 Å². The minimum atomic E-state index is -0.748. The summed E-state index contributed by atoms with van der Waals surface area (Å²) in [5.74, 6) is -1.18. The molecule has 0 heterocycles. The second-order valence-corrected chi connectivity index (χ2v) is 7.53. The maximum absolute atomic E-state index is 12.3. The molecule has 1 amide bonds. The van der Waals surface area contributed by atoms with Crippen molar-refractivity contribution in [2.45, 2.75) is 77.2 Å². The van der Waals surface area contributed by atoms with Gasteiger partial charge in [-0.1, -0.05) is 44.0 Å². The number of carbonyl (C=O) groups excluding carboxylic acids is 2. The van der Waals surface area contributed by atoms with Gasteiger partial charge in [0.25, 0.3) is 0 Å². The molecule has 0 aromatic heterocycles. The highest BCUT2D eigenvalue weighted by Crippen LogP contribution is 2.24. The van der Waals surface area contributed by atoms with E-state index in [0.29, 0.717) is 31.2 Å². The number of aryl methyl sites for hydroxylation is 1. The zero-order chi connectivity index (χ0) is 19.6. The van der Waals surface area contributed by atoms with Gasteiger partial charge in [0.15, 0.2) is 5.78 Å². The Morgan fingerprint density at radius 3 is 2.26 bits per heavy atom. The van der Waals surface area contributed by atoms with Gasteiger partial charge < -0.3 is 10.4 Å². The molecule has 5 nitrogen and oxygen atoms in total. The standard InChI is InChI=1S/C22H31NO4/c1-2-3-4-5-16-6-8-17(9-7-16)20(24)14-15-21(25)23-19-12-10-18(11-13-19)22(26)27/h6-9,18-19H,2-5,10-15H2,1H3,(H,23,25)(H,26,27). The molecule has 27 heavy (non-hydrogen) atoms. The van der Waals surface area contributed by atoms with E-state index in [1.54, 1.807) is 0 Å². The molecule has 0 radical (unpaired) electrons. The molecule has 1 aliphatic rings. The predicted molar refractivity (Wildman–Crippen MR) is 105 cm³/mol. The smallest absolute Gasteiger partial charge is 0.306 e. The molecule has 1 aliphatic carbocycles. The molecule has 0 aliphatic heterocycles. The van der Waals surface area contributed by atoms with Crippen LogP contribution in [-0.4, -0.2) is 28.8 Å². The van der Waals surface area contributed by atoms with E-state index in [2.05, 4.69) is 12.2 Å². The number of carboxylic acid groups (broad SMARTS) is 1. The fraction of sp³-hybridized carbons (Fsp3) is 0.591. The number of carbonyl (C=O) groups is 3. The van der Waals surface area contributed by atoms with Gasteiger partial charge in [-0.3, -0.25) is 14.4 Å². The van der Waals surface area contributed by atoms with Gasteiger partial charge in [0.2, 0.25) is 5.91 Å². The number of unbranched alkanes of at least 4 members (excludes halogenated alkanes) is 2. The fourth-order valence-corrected chi connectivity index (χ4v) is 3.59. The van der Waals surface area contributed by atoms with Gasteiger partial charge in [-0.05, 0) is 44.1 Å². The van der Waals surface area contributed by atoms with Crippen LogP contribution in [0.1, 0.15) is 80.6 Å². The molecule has 148 valence electrons. The Hall–Kier alpha value is -2.17. The Morgan fingerprint density at radius 2 is 1.67 bits per heavy atom. The lowest BCUT2D eigenvalue weighted by atomic mass is 9.86. The summed E-state index contributed by atoms with van der Waals surface area (Å²) < 4.78 is 0. The van der Waals surface area contributed by atoms with Crippen molar-refractivity contribution >= 4 is 17.7 Å². The lowest BCUT2D eigenvalue weighted by Gasteiger charge is -2.26. The third kappa shape index (κ3) is 7.16. The Kier molecular flexibility index (Phi) is 8.49. The Morgan fingerprint density at radius 1 is 1.00 bits per heavy atom. The van der Waals surface area contributed by atoms with Crippen molar-refractivity contribution in [1.82, 2.24) is 5.32 Å². The van der Waals surface area contributed by atoms with E-state index in [4.69, 9.17) is 5.11 Å². The Labute approximate surface area is 161 Å². The number of carboxylic acids is 1. The van der Waals surface area contributed by atoms with Crippen molar-refractivity contribution < 1.29 is 19.5 Å². The van der Waals surface area contributed by atoms with Gasteiger partial charge in [0, 0.05) is 24.4 Å². The van der Waals surface area contributed by atoms with E-state index in [-0.39, 0.29) is 36.5 Å². The van der Waals surface area contributed by atoms with Crippen LogP contribution in [0, 0.1) is 5.92 Å². The minimum Gasteiger partial charge on any atom is -0.481 e. The van der Waals surface area contributed by atoms with E-state index in [0.717, 1.165) is 6.42 Å². The molecular weight excluding hydrogens is 342 g/mol. The molecule has 0 atom stereocenters. The number of nitrogens with one attached hydrogen (secondary N) is 1. The van der Waals surface area contributed by atoms with Crippen LogP contribution in [-0.2, 0) is 16.0 Å². The molecule has 5 heteroatoms. The summed E-state index contributed by atoms with van der Waals surface area (Å²) >= 11 is 0. The maximum atomic E-state index is 12.3. The summed E-state index contributed by atoms with van der Waals surface area (Å²) in [6.45, 7) is 2.18. The molecule has 1 fully saturated rings. The number of amides is 1. The summed E-state index contributed by atoms with van der Waals surface area (Å²) in [7, 11) is 0. The first kappa shape index (κ1) is 21.1. The van der Waals surface area contributed by atoms with Gasteiger partial charge in [-0.15, -0.1) is 0 Å². The summed E-state index contributed by atoms with van der Waals surface area (Å²) in [6.07, 6.45) is 7.57. The molecule has 0 bridgehead atoms. The summed E-state index contributed by atoms with van der Waals surface area (Å²) in [5, 5.41) is 11.9. The van der Waals surface area contributed by atoms with Crippen LogP contribution < -0.4 is 5.32 Å². The van der Waals surface area contributed by atoms with Crippen LogP contribution in [0.3, 0.4) is 0 Å². The zero-order valence-electron chi connectivity index (χ0n) is 16.2. The SMILES string of the molecule is CCCCCc1ccc(C(=O)CCC(=O)NC2CCC(C(=O)O)CC2)cc1. The first-order valence-electron chi connectivity index (χ1n) is 10.1. The van der Waals surface area contributed by atoms with Crippen LogP contribution in [0.5, 0.6) is 0 Å². The lowest BCUT2D eigenvalue weighted by molar-refractivity contribution is -0.142. The topological polar surface area (TPSA) is 83.5 Å². The summed E-state index contributed by atoms with van der Waals surface area (Å²) in [4.78, 5) is 35.3. The van der Waals surface area contributed by atoms with E-state index in [1.165, 1.54) is 24.8 Å². The van der Waals surface area contributed by atoms with Crippen molar-refractivity contribution in [1.29, 1.82) is 0 Å². The number of benzene rings is 1. The molecule has 1 aromatic carbocycles. The number of Topliss-reactive ketones (excluding diaryl/α,β-unsaturated/α-hetero) is 1. The average molecular weight is 373 g/mol. The van der Waals surface area contributed by atoms with Gasteiger partial charge in [-0.2, -0.15) is 0 Å². The zero-order valence-corrected chi connectivity index (χ0v) is 16.2. The second-order valence-electron chi connectivity index (χ2n) is 7.53. The van der Waals surface area contributed by atoms with Crippen LogP contribution >= 0.6 is 0 Å². The molecule has 0 unspecified atom stereocenters. The first-order chi connectivity index (χ1) is 13.0. The third-order valence-corrected chi connectivity index (χ3v) is 5.37. The third-order valence-electron chi connectivity index (χ3n) is 5.37. The lowest BCUT2D eigenvalue weighted by Crippen LogP contribution is -2.38. The molecular formula is C22H31NO4. The largest absolute Gasteiger partial charge is 0.481 e. The molecule has 2 N–H and O–H groups in total. The van der Waals surface area contributed by atoms with E-state index >= 15 is 0 Å². The molecule has 0 saturated heterocycles. The number of aliphatic carboxylic acids is 1. The monoisotopic (exact) mass is 373 g/mol. The van der Waals surface area contributed by atoms with Gasteiger partial charge in [0.1, 0.15) is 0 Å². The quantitative estimate of drug-likeness (QED) is 0.477. The van der Waals surface area contributed by atoms with E-state index in [9.17, 15) is 14.4 Å². The average Bonchev–Trinajstić information content (AvgIpc) is 2.67. The Bertz CT molecular complexity index is 630. The van der Waals surface area contributed by atoms with Crippen LogP contribution in [0.15, 0.2) is 24.3 Å². The fourth-order valence-electron chi connectivity index (χ4n) is 3.59. The Balaban J connectivity index is 1.70. The van der Waals surface area contributed by atoms with Crippen molar-refractivity contribution in [3.63, 3.8) is 0 Å². The second kappa shape index (κ2) is 10.9. The van der Waals surface area contributed by atoms with Crippen LogP contribution in [0.25, 0.3) is 0 Å². The highest BCUT2D eigenvalue weighted by Gasteiger charge is 2.26. The normalized spacial score (nSPS) is 19.4. The number of ketones is 1. The van der Waals surface area contributed by atoms with E-state index < -0.39 is 5.97 Å². The highest BCUT2D eigenvalue weighted by atomic mass is 16.4.